The van der Waals surface area contributed by atoms with Crippen LogP contribution >= 0.6 is 0 Å². The van der Waals surface area contributed by atoms with E-state index in [9.17, 15) is 54.6 Å². The number of rotatable bonds is 11. The van der Waals surface area contributed by atoms with Crippen LogP contribution in [0.3, 0.4) is 0 Å². The van der Waals surface area contributed by atoms with Crippen LogP contribution in [0.1, 0.15) is 167 Å². The van der Waals surface area contributed by atoms with Crippen LogP contribution in [-0.2, 0) is 20.4 Å². The summed E-state index contributed by atoms with van der Waals surface area (Å²) in [5.41, 5.74) is 14.9. The van der Waals surface area contributed by atoms with Gasteiger partial charge in [-0.1, -0.05) is 156 Å². The third kappa shape index (κ3) is 19.3. The van der Waals surface area contributed by atoms with Crippen LogP contribution in [0, 0.1) is 10.8 Å². The highest BCUT2D eigenvalue weighted by molar-refractivity contribution is 6.01. The van der Waals surface area contributed by atoms with Gasteiger partial charge in [0.05, 0.1) is 34.7 Å². The fourth-order valence-corrected chi connectivity index (χ4v) is 8.05. The van der Waals surface area contributed by atoms with Crippen molar-refractivity contribution in [2.45, 2.75) is 119 Å². The zero-order valence-corrected chi connectivity index (χ0v) is 47.0. The minimum Gasteiger partial charge on any atom is -0.508 e. The number of phenols is 6. The zero-order chi connectivity index (χ0) is 59.0. The van der Waals surface area contributed by atoms with Gasteiger partial charge in [-0.15, -0.1) is 0 Å². The van der Waals surface area contributed by atoms with E-state index < -0.39 is 29.6 Å². The Labute approximate surface area is 462 Å². The maximum absolute atomic E-state index is 13.6. The molecule has 0 fully saturated rings. The fraction of sp³-hybridized carbons (Fsp3) is 0.323. The molecule has 420 valence electrons. The molecule has 0 spiro atoms. The molecule has 0 saturated carbocycles. The van der Waals surface area contributed by atoms with E-state index in [-0.39, 0.29) is 84.7 Å². The lowest BCUT2D eigenvalue weighted by Crippen LogP contribution is -2.46. The molecule has 17 nitrogen and oxygen atoms in total. The van der Waals surface area contributed by atoms with Gasteiger partial charge >= 0.3 is 0 Å². The number of hydrazone groups is 1. The van der Waals surface area contributed by atoms with E-state index in [4.69, 9.17) is 0 Å². The predicted molar refractivity (Wildman–Crippen MR) is 306 cm³/mol. The van der Waals surface area contributed by atoms with E-state index in [1.807, 2.05) is 53.7 Å². The summed E-state index contributed by atoms with van der Waals surface area (Å²) in [7, 11) is 0. The quantitative estimate of drug-likeness (QED) is 0.0429. The van der Waals surface area contributed by atoms with Crippen LogP contribution in [0.25, 0.3) is 0 Å². The van der Waals surface area contributed by atoms with Crippen molar-refractivity contribution in [2.75, 3.05) is 0 Å². The van der Waals surface area contributed by atoms with Crippen LogP contribution in [0.2, 0.25) is 0 Å². The normalized spacial score (nSPS) is 12.3. The van der Waals surface area contributed by atoms with Gasteiger partial charge in [-0.3, -0.25) is 45.7 Å². The number of amides is 5. The Morgan fingerprint density at radius 3 is 1.08 bits per heavy atom. The van der Waals surface area contributed by atoms with Gasteiger partial charge in [-0.25, -0.2) is 5.43 Å². The summed E-state index contributed by atoms with van der Waals surface area (Å²) in [6.07, 6.45) is 2.44. The Kier molecular flexibility index (Phi) is 21.4. The largest absolute Gasteiger partial charge is 0.508 e. The first-order valence-corrected chi connectivity index (χ1v) is 25.6. The number of phenolic OH excluding ortho intramolecular Hbond substituents is 6. The molecule has 17 heteroatoms. The molecule has 0 heterocycles. The van der Waals surface area contributed by atoms with E-state index in [2.05, 4.69) is 73.8 Å². The summed E-state index contributed by atoms with van der Waals surface area (Å²) >= 11 is 0. The first-order valence-electron chi connectivity index (χ1n) is 25.6. The Morgan fingerprint density at radius 2 is 0.747 bits per heavy atom. The molecule has 2 atom stereocenters. The number of nitrogens with zero attached hydrogens (tertiary/aromatic N) is 1. The second-order valence-electron chi connectivity index (χ2n) is 23.4. The summed E-state index contributed by atoms with van der Waals surface area (Å²) in [6.45, 7) is 24.6. The molecule has 0 aromatic heterocycles. The van der Waals surface area contributed by atoms with E-state index >= 15 is 0 Å². The van der Waals surface area contributed by atoms with Crippen LogP contribution in [0.4, 0.5) is 0 Å². The van der Waals surface area contributed by atoms with Crippen LogP contribution in [-0.4, -0.2) is 66.4 Å². The average molecular weight is 1080 g/mol. The molecule has 11 N–H and O–H groups in total. The molecule has 6 aromatic carbocycles. The van der Waals surface area contributed by atoms with Gasteiger partial charge in [0.15, 0.2) is 0 Å². The van der Waals surface area contributed by atoms with Crippen molar-refractivity contribution in [2.24, 2.45) is 15.9 Å². The molecule has 79 heavy (non-hydrogen) atoms. The van der Waals surface area contributed by atoms with E-state index in [1.54, 1.807) is 78.9 Å². The van der Waals surface area contributed by atoms with Crippen molar-refractivity contribution < 1.29 is 54.6 Å². The number of carbonyl (C=O) groups excluding carboxylic acids is 5. The summed E-state index contributed by atoms with van der Waals surface area (Å²) < 4.78 is 0. The molecule has 0 saturated heterocycles. The second kappa shape index (κ2) is 27.0. The molecule has 0 radical (unpaired) electrons. The molecular formula is C62H76N6O11. The van der Waals surface area contributed by atoms with Gasteiger partial charge in [0.25, 0.3) is 17.7 Å². The highest BCUT2D eigenvalue weighted by atomic mass is 16.3. The van der Waals surface area contributed by atoms with Crippen LogP contribution in [0.15, 0.2) is 139 Å². The van der Waals surface area contributed by atoms with Crippen molar-refractivity contribution in [3.63, 3.8) is 0 Å². The maximum Gasteiger partial charge on any atom is 0.275 e. The highest BCUT2D eigenvalue weighted by Crippen LogP contribution is 2.39. The number of nitrogens with one attached hydrogen (secondary N) is 5. The first kappa shape index (κ1) is 62.7. The van der Waals surface area contributed by atoms with Gasteiger partial charge in [0, 0.05) is 5.56 Å². The Bertz CT molecular complexity index is 2970. The summed E-state index contributed by atoms with van der Waals surface area (Å²) in [5, 5.41) is 62.6. The van der Waals surface area contributed by atoms with Gasteiger partial charge in [-0.05, 0) is 117 Å². The average Bonchev–Trinajstić information content (AvgIpc) is 3.36. The monoisotopic (exact) mass is 1080 g/mol. The summed E-state index contributed by atoms with van der Waals surface area (Å²) in [4.78, 5) is 62.4. The van der Waals surface area contributed by atoms with E-state index in [0.29, 0.717) is 18.4 Å². The lowest BCUT2D eigenvalue weighted by atomic mass is 9.78. The summed E-state index contributed by atoms with van der Waals surface area (Å²) in [5.74, 6) is -3.52. The highest BCUT2D eigenvalue weighted by Gasteiger charge is 2.32. The topological polar surface area (TPSA) is 279 Å². The summed E-state index contributed by atoms with van der Waals surface area (Å²) in [6, 6.07) is 35.3. The van der Waals surface area contributed by atoms with Crippen molar-refractivity contribution >= 4 is 35.8 Å². The number of benzene rings is 6. The number of hydrogen-bond acceptors (Lipinski definition) is 12. The third-order valence-corrected chi connectivity index (χ3v) is 12.1. The number of para-hydroxylation sites is 4. The molecule has 0 aliphatic rings. The molecule has 0 aliphatic carbocycles. The number of hydrogen-bond donors (Lipinski definition) is 11. The minimum absolute atomic E-state index is 0.0325. The van der Waals surface area contributed by atoms with Crippen LogP contribution in [0.5, 0.6) is 34.5 Å². The minimum atomic E-state index is -0.660. The second-order valence-corrected chi connectivity index (χ2v) is 23.4. The molecule has 0 aliphatic heterocycles. The molecule has 6 rings (SSSR count). The lowest BCUT2D eigenvalue weighted by Gasteiger charge is -2.29. The fourth-order valence-electron chi connectivity index (χ4n) is 8.05. The Hall–Kier alpha value is -8.86. The van der Waals surface area contributed by atoms with Gasteiger partial charge < -0.3 is 30.6 Å². The van der Waals surface area contributed by atoms with Gasteiger partial charge in [-0.2, -0.15) is 5.10 Å². The molecule has 6 aromatic rings. The van der Waals surface area contributed by atoms with Crippen molar-refractivity contribution in [3.05, 3.63) is 178 Å². The molecule has 0 bridgehead atoms. The first-order chi connectivity index (χ1) is 36.8. The molecule has 2 unspecified atom stereocenters. The molecular weight excluding hydrogens is 1000 g/mol. The zero-order valence-electron chi connectivity index (χ0n) is 47.0. The smallest absolute Gasteiger partial charge is 0.275 e. The van der Waals surface area contributed by atoms with Gasteiger partial charge in [0.2, 0.25) is 11.8 Å². The molecule has 5 amide bonds. The lowest BCUT2D eigenvalue weighted by molar-refractivity contribution is -0.131. The van der Waals surface area contributed by atoms with E-state index in [1.165, 1.54) is 48.7 Å². The number of carbonyl (C=O) groups is 5. The van der Waals surface area contributed by atoms with Crippen molar-refractivity contribution in [1.29, 1.82) is 0 Å². The van der Waals surface area contributed by atoms with E-state index in [0.717, 1.165) is 22.3 Å². The third-order valence-electron chi connectivity index (χ3n) is 12.1. The maximum atomic E-state index is 13.6. The standard InChI is InChI=1S/C34H52N2O4.C14H12N2O4.C14H12N2O3/c1-31(2,3)19-23(21-13-15-27(37)25(17-21)33(7,8)9)29(39)35-36-30(40)24(20-32(4,5)6)22-14-16-28(38)26(18-22)34(10,11)12;17-11-7-3-1-5-9(11)13(19)15-16-14(20)10-6-2-4-8-12(10)18;17-12-7-3-1-5-10(12)9-15-16-14(19)11-6-2-4-8-13(11)18/h13-18,23-24,37-38H,19-20H2,1-12H3,(H,35,39)(H,36,40);1-8,17-18H,(H,15,19)(H,16,20);1-9,17-18H,(H,16,19). The Morgan fingerprint density at radius 1 is 0.418 bits per heavy atom. The van der Waals surface area contributed by atoms with Gasteiger partial charge in [0.1, 0.15) is 34.5 Å². The van der Waals surface area contributed by atoms with Crippen molar-refractivity contribution in [1.82, 2.24) is 27.1 Å². The predicted octanol–water partition coefficient (Wildman–Crippen LogP) is 10.6. The van der Waals surface area contributed by atoms with Crippen molar-refractivity contribution in [3.8, 4) is 34.5 Å². The Balaban J connectivity index is 0.000000285. The number of hydrazine groups is 2. The number of aromatic hydroxyl groups is 6. The SMILES string of the molecule is CC(C)(C)CC(C(=O)NNC(=O)C(CC(C)(C)C)c1ccc(O)c(C(C)(C)C)c1)c1ccc(O)c(C(C)(C)C)c1.O=C(NN=Cc1ccccc1O)c1ccccc1O.O=C(NNC(=O)c1ccccc1O)c1ccccc1O. The van der Waals surface area contributed by atoms with Crippen LogP contribution < -0.4 is 27.1 Å².